The number of hydrogen-bond acceptors (Lipinski definition) is 7. The van der Waals surface area contributed by atoms with Crippen LogP contribution in [0.15, 0.2) is 29.4 Å². The van der Waals surface area contributed by atoms with E-state index in [0.717, 1.165) is 0 Å². The third-order valence-electron chi connectivity index (χ3n) is 2.03. The van der Waals surface area contributed by atoms with Crippen LogP contribution in [0.2, 0.25) is 0 Å². The van der Waals surface area contributed by atoms with Gasteiger partial charge in [-0.25, -0.2) is 9.59 Å². The van der Waals surface area contributed by atoms with Crippen molar-refractivity contribution in [2.45, 2.75) is 6.92 Å². The molecule has 9 nitrogen and oxygen atoms in total. The van der Waals surface area contributed by atoms with Crippen LogP contribution in [0, 0.1) is 10.1 Å². The lowest BCUT2D eigenvalue weighted by atomic mass is 10.2. The zero-order chi connectivity index (χ0) is 15.1. The summed E-state index contributed by atoms with van der Waals surface area (Å²) in [5, 5.41) is 22.8. The first-order valence-corrected chi connectivity index (χ1v) is 5.44. The van der Waals surface area contributed by atoms with Gasteiger partial charge in [0, 0.05) is 0 Å². The highest BCUT2D eigenvalue weighted by atomic mass is 16.6. The van der Waals surface area contributed by atoms with Crippen molar-refractivity contribution in [3.05, 3.63) is 39.9 Å². The quantitative estimate of drug-likeness (QED) is 0.276. The maximum Gasteiger partial charge on any atom is 0.473 e. The number of amidine groups is 1. The van der Waals surface area contributed by atoms with Crippen molar-refractivity contribution in [3.8, 4) is 0 Å². The second kappa shape index (κ2) is 6.83. The molecule has 1 aromatic rings. The summed E-state index contributed by atoms with van der Waals surface area (Å²) in [7, 11) is 0. The average Bonchev–Trinajstić information content (AvgIpc) is 2.39. The molecule has 0 aliphatic rings. The number of carbonyl (C=O) groups is 2. The normalized spacial score (nSPS) is 10.8. The average molecular weight is 281 g/mol. The number of hydrogen-bond donors (Lipinski definition) is 2. The molecule has 0 fully saturated rings. The van der Waals surface area contributed by atoms with Gasteiger partial charge in [0.2, 0.25) is 0 Å². The van der Waals surface area contributed by atoms with E-state index in [0.29, 0.717) is 0 Å². The molecule has 1 rings (SSSR count). The predicted octanol–water partition coefficient (Wildman–Crippen LogP) is 0.950. The monoisotopic (exact) mass is 281 g/mol. The summed E-state index contributed by atoms with van der Waals surface area (Å²) >= 11 is 0. The van der Waals surface area contributed by atoms with Crippen LogP contribution in [-0.4, -0.2) is 34.4 Å². The van der Waals surface area contributed by atoms with E-state index < -0.39 is 22.7 Å². The van der Waals surface area contributed by atoms with Crippen molar-refractivity contribution in [2.75, 3.05) is 12.0 Å². The molecule has 0 spiro atoms. The number of esters is 1. The Morgan fingerprint density at radius 2 is 2.20 bits per heavy atom. The van der Waals surface area contributed by atoms with E-state index in [1.54, 1.807) is 0 Å². The van der Waals surface area contributed by atoms with Crippen LogP contribution in [0.25, 0.3) is 0 Å². The molecule has 0 aliphatic carbocycles. The van der Waals surface area contributed by atoms with E-state index in [-0.39, 0.29) is 17.9 Å². The topological polar surface area (TPSA) is 131 Å². The summed E-state index contributed by atoms with van der Waals surface area (Å²) in [5.41, 5.74) is 2.41. The number of nitro groups is 1. The number of aromatic carboxylic acids is 1. The van der Waals surface area contributed by atoms with Crippen LogP contribution in [0.4, 0.5) is 5.69 Å². The maximum atomic E-state index is 11.3. The largest absolute Gasteiger partial charge is 0.478 e. The Morgan fingerprint density at radius 1 is 1.50 bits per heavy atom. The molecule has 0 heterocycles. The Hall–Kier alpha value is -2.97. The Kier molecular flexibility index (Phi) is 5.15. The maximum absolute atomic E-state index is 11.3. The molecule has 0 amide bonds. The molecule has 20 heavy (non-hydrogen) atoms. The molecular formula is C11H11N3O6. The molecule has 0 saturated heterocycles. The molecule has 1 aromatic carbocycles. The van der Waals surface area contributed by atoms with Crippen molar-refractivity contribution in [3.63, 3.8) is 0 Å². The smallest absolute Gasteiger partial charge is 0.473 e. The van der Waals surface area contributed by atoms with E-state index in [2.05, 4.69) is 15.3 Å². The van der Waals surface area contributed by atoms with Crippen LogP contribution >= 0.6 is 0 Å². The van der Waals surface area contributed by atoms with Gasteiger partial charge in [-0.1, -0.05) is 6.07 Å². The van der Waals surface area contributed by atoms with Gasteiger partial charge >= 0.3 is 17.8 Å². The Balaban J connectivity index is 2.92. The number of anilines is 1. The highest BCUT2D eigenvalue weighted by Gasteiger charge is 2.26. The number of ether oxygens (including phenoxy) is 1. The molecule has 0 aliphatic heterocycles. The predicted molar refractivity (Wildman–Crippen MR) is 68.1 cm³/mol. The second-order valence-electron chi connectivity index (χ2n) is 3.41. The number of benzene rings is 1. The minimum atomic E-state index is -1.18. The van der Waals surface area contributed by atoms with E-state index >= 15 is 0 Å². The van der Waals surface area contributed by atoms with Gasteiger partial charge in [-0.05, 0) is 30.0 Å². The summed E-state index contributed by atoms with van der Waals surface area (Å²) < 4.78 is 4.47. The van der Waals surface area contributed by atoms with Crippen LogP contribution in [0.5, 0.6) is 0 Å². The number of nitrogens with zero attached hydrogens (tertiary/aromatic N) is 2. The van der Waals surface area contributed by atoms with Crippen LogP contribution in [0.1, 0.15) is 17.3 Å². The molecule has 0 radical (unpaired) electrons. The van der Waals surface area contributed by atoms with Gasteiger partial charge in [0.25, 0.3) is 0 Å². The van der Waals surface area contributed by atoms with Crippen molar-refractivity contribution >= 4 is 23.5 Å². The van der Waals surface area contributed by atoms with E-state index in [1.165, 1.54) is 31.2 Å². The lowest BCUT2D eigenvalue weighted by Gasteiger charge is -2.00. The molecular weight excluding hydrogens is 270 g/mol. The number of carboxylic acid groups (broad SMARTS) is 1. The van der Waals surface area contributed by atoms with Crippen LogP contribution in [0.3, 0.4) is 0 Å². The van der Waals surface area contributed by atoms with Crippen molar-refractivity contribution in [1.82, 2.24) is 0 Å². The Bertz CT molecular complexity index is 569. The number of carboxylic acids is 1. The second-order valence-corrected chi connectivity index (χ2v) is 3.41. The number of nitrogens with one attached hydrogen (secondary N) is 1. The third kappa shape index (κ3) is 4.05. The molecule has 0 saturated carbocycles. The molecule has 2 N–H and O–H groups in total. The lowest BCUT2D eigenvalue weighted by Crippen LogP contribution is -2.26. The highest BCUT2D eigenvalue weighted by molar-refractivity contribution is 6.31. The van der Waals surface area contributed by atoms with Gasteiger partial charge in [0.1, 0.15) is 0 Å². The number of hydrazone groups is 1. The van der Waals surface area contributed by atoms with Gasteiger partial charge in [0.15, 0.2) is 0 Å². The minimum Gasteiger partial charge on any atom is -0.478 e. The SMILES string of the molecule is CCOC(=O)/C(=N/Nc1cccc(C(=O)O)c1)[N+](=O)[O-]. The summed E-state index contributed by atoms with van der Waals surface area (Å²) in [4.78, 5) is 31.7. The van der Waals surface area contributed by atoms with Gasteiger partial charge in [-0.3, -0.25) is 0 Å². The molecule has 0 bridgehead atoms. The summed E-state index contributed by atoms with van der Waals surface area (Å²) in [6.07, 6.45) is 0. The van der Waals surface area contributed by atoms with Crippen molar-refractivity contribution in [2.24, 2.45) is 5.10 Å². The molecule has 0 aromatic heterocycles. The molecule has 0 atom stereocenters. The van der Waals surface area contributed by atoms with Gasteiger partial charge in [-0.15, -0.1) is 0 Å². The molecule has 0 unspecified atom stereocenters. The van der Waals surface area contributed by atoms with E-state index in [4.69, 9.17) is 5.11 Å². The van der Waals surface area contributed by atoms with Gasteiger partial charge < -0.3 is 20.0 Å². The van der Waals surface area contributed by atoms with Gasteiger partial charge in [0.05, 0.1) is 23.0 Å². The fourth-order valence-electron chi connectivity index (χ4n) is 1.20. The van der Waals surface area contributed by atoms with Crippen molar-refractivity contribution in [1.29, 1.82) is 0 Å². The lowest BCUT2D eigenvalue weighted by molar-refractivity contribution is -0.350. The fraction of sp³-hybridized carbons (Fsp3) is 0.182. The zero-order valence-electron chi connectivity index (χ0n) is 10.4. The fourth-order valence-corrected chi connectivity index (χ4v) is 1.20. The van der Waals surface area contributed by atoms with Crippen LogP contribution in [-0.2, 0) is 9.53 Å². The standard InChI is InChI=1S/C11H11N3O6/c1-2-20-11(17)9(14(18)19)13-12-8-5-3-4-7(6-8)10(15)16/h3-6,12H,2H2,1H3,(H,15,16)/b13-9-. The Morgan fingerprint density at radius 3 is 2.75 bits per heavy atom. The van der Waals surface area contributed by atoms with Crippen molar-refractivity contribution < 1.29 is 24.4 Å². The van der Waals surface area contributed by atoms with E-state index in [9.17, 15) is 19.7 Å². The van der Waals surface area contributed by atoms with Gasteiger partial charge in [-0.2, -0.15) is 5.43 Å². The summed E-state index contributed by atoms with van der Waals surface area (Å²) in [6.45, 7) is 1.47. The molecule has 106 valence electrons. The highest BCUT2D eigenvalue weighted by Crippen LogP contribution is 2.10. The van der Waals surface area contributed by atoms with Crippen LogP contribution < -0.4 is 5.43 Å². The zero-order valence-corrected chi connectivity index (χ0v) is 10.4. The number of rotatable bonds is 4. The van der Waals surface area contributed by atoms with E-state index in [1.807, 2.05) is 0 Å². The first-order valence-electron chi connectivity index (χ1n) is 5.44. The first-order chi connectivity index (χ1) is 9.45. The Labute approximate surface area is 113 Å². The summed E-state index contributed by atoms with van der Waals surface area (Å²) in [5.74, 6) is -3.36. The number of carbonyl (C=O) groups excluding carboxylic acids is 1. The summed E-state index contributed by atoms with van der Waals surface area (Å²) in [6, 6.07) is 5.43. The molecule has 9 heteroatoms. The minimum absolute atomic E-state index is 0.0241. The first kappa shape index (κ1) is 15.1. The third-order valence-corrected chi connectivity index (χ3v) is 2.03.